The Morgan fingerprint density at radius 2 is 1.02 bits per heavy atom. The first-order valence-corrected chi connectivity index (χ1v) is 13.5. The first-order valence-electron chi connectivity index (χ1n) is 10.6. The normalized spacial score (nSPS) is 12.4. The van der Waals surface area contributed by atoms with Gasteiger partial charge >= 0.3 is 22.4 Å². The molecule has 0 heterocycles. The molecule has 0 bridgehead atoms. The van der Waals surface area contributed by atoms with Crippen LogP contribution in [0.3, 0.4) is 0 Å². The fraction of sp³-hybridized carbons (Fsp3) is 0.0952. The number of sulfone groups is 2. The molecule has 43 heavy (non-hydrogen) atoms. The zero-order valence-corrected chi connectivity index (χ0v) is 21.9. The number of carbonyl (C=O) groups is 1. The third kappa shape index (κ3) is 6.58. The van der Waals surface area contributed by atoms with Gasteiger partial charge in [-0.3, -0.25) is 25.0 Å². The van der Waals surface area contributed by atoms with Crippen molar-refractivity contribution in [3.8, 4) is 23.0 Å². The summed E-state index contributed by atoms with van der Waals surface area (Å²) in [4.78, 5) is 29.1. The van der Waals surface area contributed by atoms with Crippen molar-refractivity contribution in [2.24, 2.45) is 5.73 Å². The van der Waals surface area contributed by atoms with E-state index in [2.05, 4.69) is 0 Å². The molecular formula is C21H11F6N3O11S2. The summed E-state index contributed by atoms with van der Waals surface area (Å²) >= 11 is 0. The molecule has 0 saturated carbocycles. The highest BCUT2D eigenvalue weighted by Crippen LogP contribution is 2.41. The third-order valence-electron chi connectivity index (χ3n) is 5.10. The molecule has 3 rings (SSSR count). The number of rotatable bonds is 9. The first-order chi connectivity index (χ1) is 19.6. The highest BCUT2D eigenvalue weighted by molar-refractivity contribution is 7.92. The molecule has 0 unspecified atom stereocenters. The zero-order chi connectivity index (χ0) is 32.7. The van der Waals surface area contributed by atoms with Crippen LogP contribution in [0.1, 0.15) is 10.4 Å². The van der Waals surface area contributed by atoms with Gasteiger partial charge in [0, 0.05) is 23.8 Å². The molecule has 0 aliphatic heterocycles. The van der Waals surface area contributed by atoms with Crippen molar-refractivity contribution in [3.63, 3.8) is 0 Å². The summed E-state index contributed by atoms with van der Waals surface area (Å²) in [5, 5.41) is 22.9. The highest BCUT2D eigenvalue weighted by atomic mass is 32.2. The summed E-state index contributed by atoms with van der Waals surface area (Å²) < 4.78 is 134. The molecule has 0 fully saturated rings. The van der Waals surface area contributed by atoms with Gasteiger partial charge in [-0.1, -0.05) is 0 Å². The number of nitrogens with zero attached hydrogens (tertiary/aromatic N) is 2. The Morgan fingerprint density at radius 3 is 1.30 bits per heavy atom. The smallest absolute Gasteiger partial charge is 0.450 e. The minimum Gasteiger partial charge on any atom is -0.450 e. The van der Waals surface area contributed by atoms with Gasteiger partial charge in [0.1, 0.15) is 11.5 Å². The SMILES string of the molecule is NC(=O)c1cc(Oc2ccc(S(=O)(=O)C(F)(F)F)cc2[N+](=O)[O-])cc(Oc2ccc(S(=O)(=O)C(F)(F)F)cc2[N+](=O)[O-])c1. The molecule has 3 aromatic carbocycles. The zero-order valence-electron chi connectivity index (χ0n) is 20.2. The van der Waals surface area contributed by atoms with Gasteiger partial charge in [-0.2, -0.15) is 26.3 Å². The number of benzene rings is 3. The molecule has 0 aliphatic rings. The molecule has 22 heteroatoms. The number of hydrogen-bond donors (Lipinski definition) is 1. The van der Waals surface area contributed by atoms with E-state index < -0.39 is 96.2 Å². The Hall–Kier alpha value is -4.99. The Bertz CT molecular complexity index is 1750. The second-order valence-electron chi connectivity index (χ2n) is 7.93. The quantitative estimate of drug-likeness (QED) is 0.187. The van der Waals surface area contributed by atoms with Crippen molar-refractivity contribution in [1.82, 2.24) is 0 Å². The monoisotopic (exact) mass is 659 g/mol. The number of primary amides is 1. The number of hydrogen-bond acceptors (Lipinski definition) is 11. The number of carbonyl (C=O) groups excluding carboxylic acids is 1. The van der Waals surface area contributed by atoms with Crippen LogP contribution >= 0.6 is 0 Å². The van der Waals surface area contributed by atoms with Crippen LogP contribution in [-0.4, -0.2) is 43.6 Å². The molecule has 14 nitrogen and oxygen atoms in total. The van der Waals surface area contributed by atoms with Gasteiger partial charge in [0.15, 0.2) is 0 Å². The molecule has 2 N–H and O–H groups in total. The van der Waals surface area contributed by atoms with Gasteiger partial charge in [-0.15, -0.1) is 0 Å². The number of nitro groups is 2. The summed E-state index contributed by atoms with van der Waals surface area (Å²) in [5.41, 5.74) is -9.47. The van der Waals surface area contributed by atoms with E-state index in [9.17, 15) is 68.2 Å². The molecule has 0 radical (unpaired) electrons. The van der Waals surface area contributed by atoms with E-state index in [1.54, 1.807) is 0 Å². The lowest BCUT2D eigenvalue weighted by Gasteiger charge is -2.13. The standard InChI is InChI=1S/C21H11F6N3O11S2/c22-20(23,24)42(36,37)13-1-3-17(15(8-13)29(32)33)40-11-5-10(19(28)31)6-12(7-11)41-18-4-2-14(9-16(18)30(34)35)43(38,39)21(25,26)27/h1-9H,(H2,28,31). The van der Waals surface area contributed by atoms with Gasteiger partial charge in [0.05, 0.1) is 19.6 Å². The van der Waals surface area contributed by atoms with E-state index in [0.717, 1.165) is 18.2 Å². The van der Waals surface area contributed by atoms with E-state index in [1.807, 2.05) is 0 Å². The van der Waals surface area contributed by atoms with E-state index >= 15 is 0 Å². The Kier molecular flexibility index (Phi) is 8.33. The van der Waals surface area contributed by atoms with Crippen molar-refractivity contribution in [2.75, 3.05) is 0 Å². The van der Waals surface area contributed by atoms with Crippen LogP contribution in [0.25, 0.3) is 0 Å². The number of alkyl halides is 6. The lowest BCUT2D eigenvalue weighted by molar-refractivity contribution is -0.385. The molecule has 0 atom stereocenters. The summed E-state index contributed by atoms with van der Waals surface area (Å²) in [6.07, 6.45) is 0. The summed E-state index contributed by atoms with van der Waals surface area (Å²) in [6, 6.07) is 4.18. The van der Waals surface area contributed by atoms with Crippen molar-refractivity contribution >= 4 is 37.0 Å². The topological polar surface area (TPSA) is 216 Å². The van der Waals surface area contributed by atoms with Crippen LogP contribution < -0.4 is 15.2 Å². The van der Waals surface area contributed by atoms with E-state index in [-0.39, 0.29) is 12.1 Å². The fourth-order valence-electron chi connectivity index (χ4n) is 3.14. The predicted octanol–water partition coefficient (Wildman–Crippen LogP) is 4.77. The number of nitrogens with two attached hydrogens (primary N) is 1. The maximum Gasteiger partial charge on any atom is 0.501 e. The number of halogens is 6. The van der Waals surface area contributed by atoms with Crippen LogP contribution in [0.15, 0.2) is 64.4 Å². The Labute approximate surface area is 234 Å². The molecule has 1 amide bonds. The van der Waals surface area contributed by atoms with Gasteiger partial charge in [0.2, 0.25) is 17.4 Å². The van der Waals surface area contributed by atoms with Crippen LogP contribution in [0.2, 0.25) is 0 Å². The first kappa shape index (κ1) is 32.5. The van der Waals surface area contributed by atoms with Crippen molar-refractivity contribution < 1.29 is 67.3 Å². The molecule has 0 spiro atoms. The minimum atomic E-state index is -6.01. The summed E-state index contributed by atoms with van der Waals surface area (Å²) in [5.74, 6) is -4.09. The second kappa shape index (κ2) is 11.0. The average Bonchev–Trinajstić information content (AvgIpc) is 2.87. The van der Waals surface area contributed by atoms with Crippen LogP contribution in [0, 0.1) is 20.2 Å². The maximum atomic E-state index is 12.9. The van der Waals surface area contributed by atoms with Gasteiger partial charge < -0.3 is 15.2 Å². The van der Waals surface area contributed by atoms with E-state index in [0.29, 0.717) is 24.3 Å². The molecule has 230 valence electrons. The fourth-order valence-corrected chi connectivity index (χ4v) is 4.70. The molecule has 0 aromatic heterocycles. The van der Waals surface area contributed by atoms with Gasteiger partial charge in [0.25, 0.3) is 19.7 Å². The predicted molar refractivity (Wildman–Crippen MR) is 128 cm³/mol. The Balaban J connectivity index is 2.09. The summed E-state index contributed by atoms with van der Waals surface area (Å²) in [7, 11) is -12.0. The van der Waals surface area contributed by atoms with Crippen LogP contribution in [0.4, 0.5) is 37.7 Å². The molecular weight excluding hydrogens is 648 g/mol. The van der Waals surface area contributed by atoms with E-state index in [4.69, 9.17) is 15.2 Å². The number of ether oxygens (including phenoxy) is 2. The molecule has 3 aromatic rings. The lowest BCUT2D eigenvalue weighted by Crippen LogP contribution is -2.23. The number of nitro benzene ring substituents is 2. The van der Waals surface area contributed by atoms with Gasteiger partial charge in [-0.05, 0) is 36.4 Å². The maximum absolute atomic E-state index is 12.9. The minimum absolute atomic E-state index is 0.0490. The second-order valence-corrected chi connectivity index (χ2v) is 11.8. The third-order valence-corrected chi connectivity index (χ3v) is 8.07. The van der Waals surface area contributed by atoms with Crippen LogP contribution in [-0.2, 0) is 19.7 Å². The molecule has 0 aliphatic carbocycles. The van der Waals surface area contributed by atoms with Crippen molar-refractivity contribution in [2.45, 2.75) is 20.8 Å². The summed E-state index contributed by atoms with van der Waals surface area (Å²) in [6.45, 7) is 0. The van der Waals surface area contributed by atoms with Crippen molar-refractivity contribution in [3.05, 3.63) is 80.4 Å². The largest absolute Gasteiger partial charge is 0.501 e. The van der Waals surface area contributed by atoms with Gasteiger partial charge in [-0.25, -0.2) is 16.8 Å². The Morgan fingerprint density at radius 1 is 0.674 bits per heavy atom. The highest BCUT2D eigenvalue weighted by Gasteiger charge is 2.48. The van der Waals surface area contributed by atoms with Crippen molar-refractivity contribution in [1.29, 1.82) is 0 Å². The number of amides is 1. The molecule has 0 saturated heterocycles. The lowest BCUT2D eigenvalue weighted by atomic mass is 10.2. The van der Waals surface area contributed by atoms with Crippen LogP contribution in [0.5, 0.6) is 23.0 Å². The average molecular weight is 659 g/mol. The van der Waals surface area contributed by atoms with E-state index in [1.165, 1.54) is 0 Å².